The Kier molecular flexibility index (Phi) is 13.5. The zero-order chi connectivity index (χ0) is 43.1. The number of rotatable bonds is 11. The number of ether oxygens (including phenoxy) is 2. The number of anilines is 1. The normalized spacial score (nSPS) is 13.5. The molecule has 5 heterocycles. The molecule has 318 valence electrons. The molecule has 1 fully saturated rings. The number of nitrogens with one attached hydrogen (secondary N) is 1. The molecule has 0 unspecified atom stereocenters. The molecule has 1 saturated heterocycles. The fourth-order valence-corrected chi connectivity index (χ4v) is 8.26. The Labute approximate surface area is 362 Å². The van der Waals surface area contributed by atoms with Crippen LogP contribution in [0.5, 0.6) is 11.6 Å². The Hall–Kier alpha value is -5.66. The summed E-state index contributed by atoms with van der Waals surface area (Å²) in [6.45, 7) is 11.3. The van der Waals surface area contributed by atoms with Crippen molar-refractivity contribution in [3.05, 3.63) is 148 Å². The second-order valence-electron chi connectivity index (χ2n) is 15.9. The van der Waals surface area contributed by atoms with Crippen molar-refractivity contribution >= 4 is 50.4 Å². The second-order valence-corrected chi connectivity index (χ2v) is 17.3. The Morgan fingerprint density at radius 2 is 1.61 bits per heavy atom. The standard InChI is InChI=1S/C29H28ClF3N4O2.C18H20N2OS/c1-2-25-27(37-18-22(30)7-12-26(37)35-25)28(38)34-17-19-3-8-23(9-4-19)36-15-13-21(14-16-36)20-5-10-24(11-6-20)39-29(31,32)33;1-18(2,3)14-6-4-13(5-7-14)8-10-21-16-15-9-11-22-17(15)20-12-19-16/h3-12,18,21H,2,13-17H2,1H3,(H,34,38);4-7,9,11-12H,8,10H2,1-3H3. The van der Waals surface area contributed by atoms with Crippen molar-refractivity contribution in [1.29, 1.82) is 0 Å². The van der Waals surface area contributed by atoms with Gasteiger partial charge in [0, 0.05) is 37.9 Å². The van der Waals surface area contributed by atoms with Gasteiger partial charge in [-0.3, -0.25) is 9.20 Å². The predicted octanol–water partition coefficient (Wildman–Crippen LogP) is 11.4. The zero-order valence-electron chi connectivity index (χ0n) is 34.5. The molecule has 1 aliphatic rings. The maximum Gasteiger partial charge on any atom is 0.573 e. The lowest BCUT2D eigenvalue weighted by Crippen LogP contribution is -2.32. The summed E-state index contributed by atoms with van der Waals surface area (Å²) in [4.78, 5) is 29.3. The van der Waals surface area contributed by atoms with Gasteiger partial charge in [0.2, 0.25) is 5.88 Å². The largest absolute Gasteiger partial charge is 0.573 e. The number of aromatic nitrogens is 4. The number of pyridine rings is 1. The number of aryl methyl sites for hydroxylation is 1. The minimum Gasteiger partial charge on any atom is -0.477 e. The van der Waals surface area contributed by atoms with E-state index in [1.54, 1.807) is 52.5 Å². The summed E-state index contributed by atoms with van der Waals surface area (Å²) in [5, 5.41) is 6.54. The molecule has 7 aromatic rings. The Morgan fingerprint density at radius 3 is 2.28 bits per heavy atom. The van der Waals surface area contributed by atoms with Crippen molar-refractivity contribution < 1.29 is 27.4 Å². The molecule has 4 aromatic heterocycles. The van der Waals surface area contributed by atoms with Crippen LogP contribution in [0.4, 0.5) is 18.9 Å². The number of benzene rings is 3. The molecule has 8 rings (SSSR count). The summed E-state index contributed by atoms with van der Waals surface area (Å²) in [6, 6.07) is 28.6. The molecule has 9 nitrogen and oxygen atoms in total. The first-order chi connectivity index (χ1) is 29.2. The molecule has 3 aromatic carbocycles. The summed E-state index contributed by atoms with van der Waals surface area (Å²) in [5.74, 6) is 0.565. The van der Waals surface area contributed by atoms with Crippen LogP contribution in [0.2, 0.25) is 5.02 Å². The van der Waals surface area contributed by atoms with Crippen LogP contribution in [0.15, 0.2) is 109 Å². The molecule has 1 amide bonds. The average molecular weight is 869 g/mol. The van der Waals surface area contributed by atoms with E-state index in [0.29, 0.717) is 41.8 Å². The molecule has 0 atom stereocenters. The highest BCUT2D eigenvalue weighted by atomic mass is 35.5. The molecule has 0 aliphatic carbocycles. The van der Waals surface area contributed by atoms with E-state index in [1.807, 2.05) is 30.5 Å². The molecule has 0 saturated carbocycles. The van der Waals surface area contributed by atoms with Crippen LogP contribution in [0.25, 0.3) is 15.9 Å². The second kappa shape index (κ2) is 18.9. The van der Waals surface area contributed by atoms with Crippen molar-refractivity contribution in [3.8, 4) is 11.6 Å². The summed E-state index contributed by atoms with van der Waals surface area (Å²) in [5.41, 5.74) is 7.83. The number of hydrogen-bond acceptors (Lipinski definition) is 8. The van der Waals surface area contributed by atoms with E-state index in [2.05, 4.69) is 87.1 Å². The van der Waals surface area contributed by atoms with Crippen LogP contribution in [0.1, 0.15) is 84.9 Å². The third kappa shape index (κ3) is 11.2. The van der Waals surface area contributed by atoms with Crippen LogP contribution < -0.4 is 19.7 Å². The third-order valence-corrected chi connectivity index (χ3v) is 11.8. The number of carbonyl (C=O) groups is 1. The monoisotopic (exact) mass is 868 g/mol. The molecule has 0 spiro atoms. The molecular weight excluding hydrogens is 821 g/mol. The number of thiophene rings is 1. The fraction of sp³-hybridized carbons (Fsp3) is 0.319. The van der Waals surface area contributed by atoms with E-state index >= 15 is 0 Å². The Morgan fingerprint density at radius 1 is 0.902 bits per heavy atom. The van der Waals surface area contributed by atoms with Gasteiger partial charge < -0.3 is 19.7 Å². The van der Waals surface area contributed by atoms with Gasteiger partial charge in [0.05, 0.1) is 22.7 Å². The first kappa shape index (κ1) is 43.4. The Balaban J connectivity index is 0.000000215. The van der Waals surface area contributed by atoms with Gasteiger partial charge in [0.25, 0.3) is 5.91 Å². The number of hydrogen-bond donors (Lipinski definition) is 1. The molecular formula is C47H48ClF3N6O3S. The summed E-state index contributed by atoms with van der Waals surface area (Å²) >= 11 is 7.74. The van der Waals surface area contributed by atoms with Gasteiger partial charge in [0.15, 0.2) is 0 Å². The van der Waals surface area contributed by atoms with Gasteiger partial charge in [-0.1, -0.05) is 87.8 Å². The fourth-order valence-electron chi connectivity index (χ4n) is 7.38. The van der Waals surface area contributed by atoms with Gasteiger partial charge in [-0.25, -0.2) is 15.0 Å². The lowest BCUT2D eigenvalue weighted by atomic mass is 9.86. The van der Waals surface area contributed by atoms with Gasteiger partial charge in [-0.05, 0) is 101 Å². The summed E-state index contributed by atoms with van der Waals surface area (Å²) in [7, 11) is 0. The minimum atomic E-state index is -4.68. The highest BCUT2D eigenvalue weighted by molar-refractivity contribution is 7.16. The van der Waals surface area contributed by atoms with Crippen molar-refractivity contribution in [2.24, 2.45) is 0 Å². The van der Waals surface area contributed by atoms with Crippen molar-refractivity contribution in [3.63, 3.8) is 0 Å². The van der Waals surface area contributed by atoms with Gasteiger partial charge >= 0.3 is 6.36 Å². The van der Waals surface area contributed by atoms with E-state index in [9.17, 15) is 18.0 Å². The van der Waals surface area contributed by atoms with Crippen LogP contribution in [0.3, 0.4) is 0 Å². The van der Waals surface area contributed by atoms with Gasteiger partial charge in [-0.2, -0.15) is 0 Å². The predicted molar refractivity (Wildman–Crippen MR) is 236 cm³/mol. The number of carbonyl (C=O) groups excluding carboxylic acids is 1. The summed E-state index contributed by atoms with van der Waals surface area (Å²) in [6.07, 6.45) is 1.89. The first-order valence-electron chi connectivity index (χ1n) is 20.3. The van der Waals surface area contributed by atoms with Crippen molar-refractivity contribution in [2.45, 2.75) is 77.6 Å². The molecule has 0 radical (unpaired) electrons. The number of amides is 1. The maximum atomic E-state index is 13.0. The van der Waals surface area contributed by atoms with Crippen LogP contribution in [-0.2, 0) is 24.8 Å². The average Bonchev–Trinajstić information content (AvgIpc) is 3.88. The molecule has 0 bridgehead atoms. The van der Waals surface area contributed by atoms with Crippen LogP contribution in [0, 0.1) is 0 Å². The van der Waals surface area contributed by atoms with E-state index in [-0.39, 0.29) is 23.0 Å². The number of fused-ring (bicyclic) bond motifs is 2. The van der Waals surface area contributed by atoms with E-state index in [1.165, 1.54) is 23.3 Å². The lowest BCUT2D eigenvalue weighted by molar-refractivity contribution is -0.274. The van der Waals surface area contributed by atoms with E-state index in [0.717, 1.165) is 65.1 Å². The van der Waals surface area contributed by atoms with Gasteiger partial charge in [-0.15, -0.1) is 24.5 Å². The number of nitrogens with zero attached hydrogens (tertiary/aromatic N) is 5. The van der Waals surface area contributed by atoms with Crippen LogP contribution in [-0.4, -0.2) is 51.3 Å². The molecule has 14 heteroatoms. The first-order valence-corrected chi connectivity index (χ1v) is 21.5. The van der Waals surface area contributed by atoms with E-state index < -0.39 is 6.36 Å². The molecule has 61 heavy (non-hydrogen) atoms. The minimum absolute atomic E-state index is 0.195. The van der Waals surface area contributed by atoms with Crippen molar-refractivity contribution in [2.75, 3.05) is 24.6 Å². The smallest absolute Gasteiger partial charge is 0.477 e. The summed E-state index contributed by atoms with van der Waals surface area (Å²) < 4.78 is 48.7. The van der Waals surface area contributed by atoms with Crippen LogP contribution >= 0.6 is 22.9 Å². The van der Waals surface area contributed by atoms with Gasteiger partial charge in [0.1, 0.15) is 28.2 Å². The SMILES string of the molecule is CC(C)(C)c1ccc(CCOc2ncnc3sccc23)cc1.CCc1nc2ccc(Cl)cn2c1C(=O)NCc1ccc(N2CCC(c3ccc(OC(F)(F)F)cc3)CC2)cc1. The Bertz CT molecular complexity index is 2550. The van der Waals surface area contributed by atoms with Crippen molar-refractivity contribution in [1.82, 2.24) is 24.7 Å². The number of halogens is 4. The number of piperidine rings is 1. The third-order valence-electron chi connectivity index (χ3n) is 10.7. The molecule has 1 N–H and O–H groups in total. The zero-order valence-corrected chi connectivity index (χ0v) is 36.1. The lowest BCUT2D eigenvalue weighted by Gasteiger charge is -2.34. The molecule has 1 aliphatic heterocycles. The van der Waals surface area contributed by atoms with E-state index in [4.69, 9.17) is 16.3 Å². The highest BCUT2D eigenvalue weighted by Gasteiger charge is 2.31. The topological polar surface area (TPSA) is 93.9 Å². The maximum absolute atomic E-state index is 13.0. The number of alkyl halides is 3. The highest BCUT2D eigenvalue weighted by Crippen LogP contribution is 2.33. The number of imidazole rings is 1. The quantitative estimate of drug-likeness (QED) is 0.138.